The van der Waals surface area contributed by atoms with E-state index in [4.69, 9.17) is 9.47 Å². The van der Waals surface area contributed by atoms with Gasteiger partial charge in [-0.15, -0.1) is 0 Å². The molecular weight excluding hydrogens is 428 g/mol. The third-order valence-electron chi connectivity index (χ3n) is 5.91. The van der Waals surface area contributed by atoms with Crippen molar-refractivity contribution < 1.29 is 22.7 Å². The minimum Gasteiger partial charge on any atom is -0.493 e. The van der Waals surface area contributed by atoms with E-state index >= 15 is 0 Å². The molecule has 2 aliphatic rings. The molecule has 32 heavy (non-hydrogen) atoms. The number of para-hydroxylation sites is 1. The number of pyridine rings is 1. The first-order valence-corrected chi connectivity index (χ1v) is 12.7. The molecule has 2 aromatic rings. The third-order valence-corrected chi connectivity index (χ3v) is 7.30. The van der Waals surface area contributed by atoms with Crippen LogP contribution in [0.4, 0.5) is 0 Å². The summed E-state index contributed by atoms with van der Waals surface area (Å²) in [5, 5.41) is 3.83. The first-order chi connectivity index (χ1) is 15.4. The zero-order valence-corrected chi connectivity index (χ0v) is 18.9. The van der Waals surface area contributed by atoms with Crippen LogP contribution in [0.15, 0.2) is 47.9 Å². The highest BCUT2D eigenvalue weighted by Gasteiger charge is 2.25. The second kappa shape index (κ2) is 9.73. The topological polar surface area (TPSA) is 94.6 Å². The molecule has 0 saturated heterocycles. The van der Waals surface area contributed by atoms with E-state index in [1.165, 1.54) is 45.3 Å². The van der Waals surface area contributed by atoms with Crippen molar-refractivity contribution in [3.8, 4) is 22.9 Å². The molecule has 0 bridgehead atoms. The lowest BCUT2D eigenvalue weighted by Crippen LogP contribution is -2.35. The molecule has 1 fully saturated rings. The van der Waals surface area contributed by atoms with Gasteiger partial charge in [0.15, 0.2) is 9.84 Å². The van der Waals surface area contributed by atoms with Crippen molar-refractivity contribution in [3.63, 3.8) is 0 Å². The Balaban J connectivity index is 1.51. The van der Waals surface area contributed by atoms with Crippen LogP contribution in [-0.4, -0.2) is 44.8 Å². The first kappa shape index (κ1) is 22.3. The number of carbonyl (C=O) groups excluding carboxylic acids is 1. The molecule has 1 aromatic carbocycles. The highest BCUT2D eigenvalue weighted by atomic mass is 32.2. The number of methoxy groups -OCH3 is 1. The Morgan fingerprint density at radius 2 is 1.91 bits per heavy atom. The number of sulfone groups is 1. The van der Waals surface area contributed by atoms with Crippen LogP contribution in [0.5, 0.6) is 11.6 Å². The Morgan fingerprint density at radius 1 is 1.12 bits per heavy atom. The van der Waals surface area contributed by atoms with Crippen LogP contribution in [0.1, 0.15) is 42.5 Å². The minimum atomic E-state index is -3.26. The van der Waals surface area contributed by atoms with Crippen molar-refractivity contribution in [1.29, 1.82) is 0 Å². The van der Waals surface area contributed by atoms with E-state index in [0.717, 1.165) is 16.7 Å². The Labute approximate surface area is 188 Å². The summed E-state index contributed by atoms with van der Waals surface area (Å²) < 4.78 is 34.7. The van der Waals surface area contributed by atoms with Crippen LogP contribution in [0.25, 0.3) is 11.3 Å². The summed E-state index contributed by atoms with van der Waals surface area (Å²) in [6.45, 7) is 0.687. The van der Waals surface area contributed by atoms with E-state index in [1.54, 1.807) is 12.1 Å². The van der Waals surface area contributed by atoms with E-state index in [2.05, 4.69) is 10.3 Å². The maximum absolute atomic E-state index is 12.7. The van der Waals surface area contributed by atoms with Gasteiger partial charge in [0.1, 0.15) is 11.3 Å². The number of hydrogen-bond acceptors (Lipinski definition) is 6. The molecule has 1 N–H and O–H groups in total. The van der Waals surface area contributed by atoms with E-state index in [9.17, 15) is 13.2 Å². The predicted octanol–water partition coefficient (Wildman–Crippen LogP) is 3.76. The number of hydrogen-bond donors (Lipinski definition) is 1. The van der Waals surface area contributed by atoms with Gasteiger partial charge in [0.05, 0.1) is 31.2 Å². The molecular formula is C24H28N2O5S. The van der Waals surface area contributed by atoms with E-state index in [-0.39, 0.29) is 17.2 Å². The van der Waals surface area contributed by atoms with Crippen molar-refractivity contribution >= 4 is 15.7 Å². The highest BCUT2D eigenvalue weighted by molar-refractivity contribution is 7.94. The first-order valence-electron chi connectivity index (χ1n) is 10.9. The van der Waals surface area contributed by atoms with Gasteiger partial charge in [0.2, 0.25) is 5.88 Å². The fraction of sp³-hybridized carbons (Fsp3) is 0.417. The number of amides is 1. The summed E-state index contributed by atoms with van der Waals surface area (Å²) in [6, 6.07) is 10.5. The lowest BCUT2D eigenvalue weighted by molar-refractivity contribution is 0.0944. The Hall–Kier alpha value is -2.87. The van der Waals surface area contributed by atoms with Gasteiger partial charge in [-0.3, -0.25) is 4.79 Å². The molecule has 1 aromatic heterocycles. The Bertz CT molecular complexity index is 1110. The van der Waals surface area contributed by atoms with Crippen molar-refractivity contribution in [2.45, 2.75) is 38.1 Å². The fourth-order valence-corrected chi connectivity index (χ4v) is 5.43. The summed E-state index contributed by atoms with van der Waals surface area (Å²) in [5.41, 5.74) is 1.72. The summed E-state index contributed by atoms with van der Waals surface area (Å²) >= 11 is 0. The van der Waals surface area contributed by atoms with Crippen LogP contribution in [-0.2, 0) is 9.84 Å². The van der Waals surface area contributed by atoms with Gasteiger partial charge in [-0.05, 0) is 49.1 Å². The molecule has 2 heterocycles. The second-order valence-corrected chi connectivity index (χ2v) is 10.2. The maximum atomic E-state index is 12.7. The van der Waals surface area contributed by atoms with E-state index in [0.29, 0.717) is 18.2 Å². The van der Waals surface area contributed by atoms with E-state index < -0.39 is 21.8 Å². The average Bonchev–Trinajstić information content (AvgIpc) is 3.16. The summed E-state index contributed by atoms with van der Waals surface area (Å²) in [6.07, 6.45) is 7.72. The minimum absolute atomic E-state index is 0.141. The predicted molar refractivity (Wildman–Crippen MR) is 122 cm³/mol. The van der Waals surface area contributed by atoms with Crippen molar-refractivity contribution in [3.05, 3.63) is 53.4 Å². The van der Waals surface area contributed by atoms with Crippen molar-refractivity contribution in [2.75, 3.05) is 19.5 Å². The smallest absolute Gasteiger partial charge is 0.257 e. The summed E-state index contributed by atoms with van der Waals surface area (Å²) in [5.74, 6) is 0.935. The lowest BCUT2D eigenvalue weighted by atomic mass is 9.90. The molecule has 1 saturated carbocycles. The van der Waals surface area contributed by atoms with Crippen LogP contribution < -0.4 is 14.8 Å². The van der Waals surface area contributed by atoms with Gasteiger partial charge in [-0.2, -0.15) is 0 Å². The average molecular weight is 457 g/mol. The van der Waals surface area contributed by atoms with Crippen LogP contribution >= 0.6 is 0 Å². The van der Waals surface area contributed by atoms with Crippen LogP contribution in [0, 0.1) is 5.92 Å². The number of nitrogens with one attached hydrogen (secondary N) is 1. The van der Waals surface area contributed by atoms with Crippen molar-refractivity contribution in [1.82, 2.24) is 10.3 Å². The van der Waals surface area contributed by atoms with Gasteiger partial charge < -0.3 is 14.8 Å². The number of aromatic nitrogens is 1. The zero-order valence-electron chi connectivity index (χ0n) is 18.1. The summed E-state index contributed by atoms with van der Waals surface area (Å²) in [4.78, 5) is 17.2. The quantitative estimate of drug-likeness (QED) is 0.682. The SMILES string of the molecule is COc1nc(-c2ccccc2OCC2CCCCC2)ccc1C(=O)N[C@@H]1C=CS(=O)(=O)C1. The lowest BCUT2D eigenvalue weighted by Gasteiger charge is -2.22. The molecule has 1 aliphatic heterocycles. The molecule has 4 rings (SSSR count). The van der Waals surface area contributed by atoms with Gasteiger partial charge in [-0.1, -0.05) is 31.4 Å². The third kappa shape index (κ3) is 5.30. The van der Waals surface area contributed by atoms with Gasteiger partial charge in [0.25, 0.3) is 5.91 Å². The maximum Gasteiger partial charge on any atom is 0.257 e. The van der Waals surface area contributed by atoms with Gasteiger partial charge >= 0.3 is 0 Å². The molecule has 170 valence electrons. The standard InChI is InChI=1S/C24H28N2O5S/c1-30-24-20(23(27)25-18-13-14-32(28,29)16-18)11-12-21(26-24)19-9-5-6-10-22(19)31-15-17-7-3-2-4-8-17/h5-6,9-14,17-18H,2-4,7-8,15-16H2,1H3,(H,25,27)/t18-/m1/s1. The molecule has 0 radical (unpaired) electrons. The molecule has 1 amide bonds. The molecule has 0 spiro atoms. The molecule has 0 unspecified atom stereocenters. The Kier molecular flexibility index (Phi) is 6.79. The number of rotatable bonds is 7. The number of carbonyl (C=O) groups is 1. The normalized spacial score (nSPS) is 20.1. The molecule has 1 atom stereocenters. The fourth-order valence-electron chi connectivity index (χ4n) is 4.20. The van der Waals surface area contributed by atoms with Crippen molar-refractivity contribution in [2.24, 2.45) is 5.92 Å². The zero-order chi connectivity index (χ0) is 22.6. The van der Waals surface area contributed by atoms with Gasteiger partial charge in [-0.25, -0.2) is 13.4 Å². The monoisotopic (exact) mass is 456 g/mol. The molecule has 1 aliphatic carbocycles. The molecule has 8 heteroatoms. The van der Waals surface area contributed by atoms with Crippen LogP contribution in [0.2, 0.25) is 0 Å². The Morgan fingerprint density at radius 3 is 2.62 bits per heavy atom. The van der Waals surface area contributed by atoms with Gasteiger partial charge in [0, 0.05) is 11.0 Å². The number of benzene rings is 1. The highest BCUT2D eigenvalue weighted by Crippen LogP contribution is 2.32. The molecule has 7 nitrogen and oxygen atoms in total. The second-order valence-electron chi connectivity index (χ2n) is 8.30. The number of ether oxygens (including phenoxy) is 2. The largest absolute Gasteiger partial charge is 0.493 e. The van der Waals surface area contributed by atoms with E-state index in [1.807, 2.05) is 24.3 Å². The summed E-state index contributed by atoms with van der Waals surface area (Å²) in [7, 11) is -1.80. The number of nitrogens with zero attached hydrogens (tertiary/aromatic N) is 1. The van der Waals surface area contributed by atoms with Crippen LogP contribution in [0.3, 0.4) is 0 Å².